The first kappa shape index (κ1) is 21.1. The van der Waals surface area contributed by atoms with E-state index >= 15 is 0 Å². The van der Waals surface area contributed by atoms with Crippen LogP contribution in [0.15, 0.2) is 54.6 Å². The monoisotopic (exact) mass is 415 g/mol. The molecule has 1 fully saturated rings. The van der Waals surface area contributed by atoms with Crippen molar-refractivity contribution in [3.63, 3.8) is 0 Å². The summed E-state index contributed by atoms with van der Waals surface area (Å²) >= 11 is 0. The molecule has 0 spiro atoms. The molecule has 0 unspecified atom stereocenters. The van der Waals surface area contributed by atoms with Gasteiger partial charge in [0.2, 0.25) is 0 Å². The van der Waals surface area contributed by atoms with E-state index in [0.717, 1.165) is 41.2 Å². The fraction of sp³-hybridized carbons (Fsp3) is 0.385. The number of ether oxygens (including phenoxy) is 2. The van der Waals surface area contributed by atoms with Gasteiger partial charge >= 0.3 is 0 Å². The van der Waals surface area contributed by atoms with E-state index in [1.54, 1.807) is 7.11 Å². The maximum atomic E-state index is 9.18. The van der Waals surface area contributed by atoms with Crippen molar-refractivity contribution in [1.82, 2.24) is 9.78 Å². The molecule has 4 rings (SSSR count). The second kappa shape index (κ2) is 7.86. The van der Waals surface area contributed by atoms with Crippen LogP contribution in [0.4, 0.5) is 0 Å². The summed E-state index contributed by atoms with van der Waals surface area (Å²) in [6.07, 6.45) is 1.82. The second-order valence-electron chi connectivity index (χ2n) is 9.45. The molecule has 0 aliphatic carbocycles. The molecule has 3 aromatic rings. The van der Waals surface area contributed by atoms with Crippen molar-refractivity contribution < 1.29 is 9.47 Å². The fourth-order valence-corrected chi connectivity index (χ4v) is 4.81. The number of benzene rings is 2. The molecule has 2 heterocycles. The Kier molecular flexibility index (Phi) is 5.36. The molecule has 1 aromatic heterocycles. The van der Waals surface area contributed by atoms with Crippen LogP contribution in [0.5, 0.6) is 5.75 Å². The van der Waals surface area contributed by atoms with Crippen LogP contribution in [0.25, 0.3) is 16.9 Å². The molecule has 0 N–H and O–H groups in total. The summed E-state index contributed by atoms with van der Waals surface area (Å²) in [4.78, 5) is 0. The lowest BCUT2D eigenvalue weighted by Crippen LogP contribution is -2.44. The molecule has 160 valence electrons. The van der Waals surface area contributed by atoms with Gasteiger partial charge in [-0.15, -0.1) is 0 Å². The van der Waals surface area contributed by atoms with Crippen molar-refractivity contribution in [3.05, 3.63) is 65.9 Å². The quantitative estimate of drug-likeness (QED) is 0.535. The smallest absolute Gasteiger partial charge is 0.144 e. The molecule has 0 bridgehead atoms. The van der Waals surface area contributed by atoms with Crippen molar-refractivity contribution >= 4 is 0 Å². The van der Waals surface area contributed by atoms with Crippen LogP contribution in [0.2, 0.25) is 0 Å². The largest absolute Gasteiger partial charge is 0.494 e. The van der Waals surface area contributed by atoms with Gasteiger partial charge in [-0.3, -0.25) is 0 Å². The summed E-state index contributed by atoms with van der Waals surface area (Å²) in [7, 11) is 1.67. The molecule has 0 amide bonds. The van der Waals surface area contributed by atoms with E-state index in [0.29, 0.717) is 5.56 Å². The Hall–Kier alpha value is -3.10. The van der Waals surface area contributed by atoms with E-state index in [2.05, 4.69) is 39.8 Å². The van der Waals surface area contributed by atoms with Gasteiger partial charge in [0, 0.05) is 11.5 Å². The Morgan fingerprint density at radius 3 is 2.29 bits per heavy atom. The number of methoxy groups -OCH3 is 1. The van der Waals surface area contributed by atoms with Gasteiger partial charge in [-0.2, -0.15) is 10.4 Å². The van der Waals surface area contributed by atoms with Crippen LogP contribution < -0.4 is 4.74 Å². The van der Waals surface area contributed by atoms with Crippen LogP contribution in [-0.2, 0) is 4.74 Å². The van der Waals surface area contributed by atoms with Gasteiger partial charge in [0.1, 0.15) is 11.4 Å². The number of para-hydroxylation sites is 2. The highest BCUT2D eigenvalue weighted by molar-refractivity contribution is 5.65. The summed E-state index contributed by atoms with van der Waals surface area (Å²) < 4.78 is 13.9. The highest BCUT2D eigenvalue weighted by Crippen LogP contribution is 2.44. The van der Waals surface area contributed by atoms with Crippen molar-refractivity contribution in [1.29, 1.82) is 5.26 Å². The van der Waals surface area contributed by atoms with Crippen LogP contribution in [-0.4, -0.2) is 28.1 Å². The Morgan fingerprint density at radius 1 is 1.03 bits per heavy atom. The predicted octanol–water partition coefficient (Wildman–Crippen LogP) is 5.87. The molecule has 5 heteroatoms. The zero-order valence-corrected chi connectivity index (χ0v) is 18.8. The molecule has 0 atom stereocenters. The Labute approximate surface area is 184 Å². The van der Waals surface area contributed by atoms with Crippen LogP contribution >= 0.6 is 0 Å². The number of nitrogens with zero attached hydrogens (tertiary/aromatic N) is 3. The SMILES string of the molecule is COc1ccccc1-n1nc(C2CC(C)(C)OC(C)(C)C2)cc1-c1ccc(C#N)cc1. The number of hydrogen-bond donors (Lipinski definition) is 0. The molecule has 1 saturated heterocycles. The predicted molar refractivity (Wildman–Crippen MR) is 121 cm³/mol. The van der Waals surface area contributed by atoms with E-state index in [9.17, 15) is 5.26 Å². The van der Waals surface area contributed by atoms with Gasteiger partial charge < -0.3 is 9.47 Å². The third-order valence-electron chi connectivity index (χ3n) is 5.80. The molecule has 0 radical (unpaired) electrons. The van der Waals surface area contributed by atoms with E-state index in [1.807, 2.05) is 53.2 Å². The lowest BCUT2D eigenvalue weighted by molar-refractivity contribution is -0.162. The van der Waals surface area contributed by atoms with Gasteiger partial charge in [-0.25, -0.2) is 4.68 Å². The minimum atomic E-state index is -0.213. The fourth-order valence-electron chi connectivity index (χ4n) is 4.81. The van der Waals surface area contributed by atoms with Gasteiger partial charge in [0.05, 0.1) is 41.3 Å². The van der Waals surface area contributed by atoms with Crippen molar-refractivity contribution in [3.8, 4) is 28.8 Å². The summed E-state index contributed by atoms with van der Waals surface area (Å²) in [5.74, 6) is 1.05. The third kappa shape index (κ3) is 4.35. The molecule has 5 nitrogen and oxygen atoms in total. The van der Waals surface area contributed by atoms with Crippen LogP contribution in [0, 0.1) is 11.3 Å². The average molecular weight is 416 g/mol. The first-order valence-corrected chi connectivity index (χ1v) is 10.7. The number of aromatic nitrogens is 2. The molecular formula is C26H29N3O2. The Morgan fingerprint density at radius 2 is 1.68 bits per heavy atom. The van der Waals surface area contributed by atoms with E-state index in [1.165, 1.54) is 0 Å². The van der Waals surface area contributed by atoms with Gasteiger partial charge in [0.15, 0.2) is 0 Å². The standard InChI is InChI=1S/C26H29N3O2/c1-25(2)15-20(16-26(3,4)31-25)21-14-23(19-12-10-18(17-27)11-13-19)29(28-21)22-8-6-7-9-24(22)30-5/h6-14,20H,15-16H2,1-5H3. The second-order valence-corrected chi connectivity index (χ2v) is 9.45. The zero-order valence-electron chi connectivity index (χ0n) is 18.8. The lowest BCUT2D eigenvalue weighted by Gasteiger charge is -2.45. The van der Waals surface area contributed by atoms with Gasteiger partial charge in [-0.1, -0.05) is 24.3 Å². The Balaban J connectivity index is 1.85. The molecule has 2 aromatic carbocycles. The van der Waals surface area contributed by atoms with Crippen LogP contribution in [0.3, 0.4) is 0 Å². The third-order valence-corrected chi connectivity index (χ3v) is 5.80. The minimum absolute atomic E-state index is 0.213. The van der Waals surface area contributed by atoms with Crippen molar-refractivity contribution in [2.24, 2.45) is 0 Å². The highest BCUT2D eigenvalue weighted by atomic mass is 16.5. The maximum Gasteiger partial charge on any atom is 0.144 e. The average Bonchev–Trinajstić information content (AvgIpc) is 3.17. The number of hydrogen-bond acceptors (Lipinski definition) is 4. The molecule has 0 saturated carbocycles. The lowest BCUT2D eigenvalue weighted by atomic mass is 9.79. The normalized spacial score (nSPS) is 17.8. The van der Waals surface area contributed by atoms with Crippen LogP contribution in [0.1, 0.15) is 57.7 Å². The summed E-state index contributed by atoms with van der Waals surface area (Å²) in [6, 6.07) is 19.9. The molecule has 1 aliphatic heterocycles. The summed E-state index contributed by atoms with van der Waals surface area (Å²) in [5.41, 5.74) is 4.14. The zero-order chi connectivity index (χ0) is 22.2. The first-order chi connectivity index (χ1) is 14.7. The van der Waals surface area contributed by atoms with E-state index < -0.39 is 0 Å². The molecule has 1 aliphatic rings. The minimum Gasteiger partial charge on any atom is -0.494 e. The summed E-state index contributed by atoms with van der Waals surface area (Å²) in [5, 5.41) is 14.3. The van der Waals surface area contributed by atoms with E-state index in [-0.39, 0.29) is 17.1 Å². The Bertz CT molecular complexity index is 1100. The molecule has 31 heavy (non-hydrogen) atoms. The molecular weight excluding hydrogens is 386 g/mol. The first-order valence-electron chi connectivity index (χ1n) is 10.7. The highest BCUT2D eigenvalue weighted by Gasteiger charge is 2.41. The van der Waals surface area contributed by atoms with Crippen molar-refractivity contribution in [2.45, 2.75) is 57.7 Å². The number of nitriles is 1. The van der Waals surface area contributed by atoms with Gasteiger partial charge in [-0.05, 0) is 70.9 Å². The number of rotatable bonds is 4. The van der Waals surface area contributed by atoms with Crippen molar-refractivity contribution in [2.75, 3.05) is 7.11 Å². The van der Waals surface area contributed by atoms with E-state index in [4.69, 9.17) is 14.6 Å². The van der Waals surface area contributed by atoms with Gasteiger partial charge in [0.25, 0.3) is 0 Å². The summed E-state index contributed by atoms with van der Waals surface area (Å²) in [6.45, 7) is 8.61. The topological polar surface area (TPSA) is 60.1 Å². The maximum absolute atomic E-state index is 9.18.